The van der Waals surface area contributed by atoms with Crippen molar-refractivity contribution in [3.05, 3.63) is 33.8 Å². The quantitative estimate of drug-likeness (QED) is 0.893. The Labute approximate surface area is 118 Å². The minimum absolute atomic E-state index is 0.142. The molecule has 0 spiro atoms. The van der Waals surface area contributed by atoms with Gasteiger partial charge in [0.1, 0.15) is 0 Å². The summed E-state index contributed by atoms with van der Waals surface area (Å²) in [4.78, 5) is 2.35. The maximum atomic E-state index is 9.27. The number of hydrogen-bond donors (Lipinski definition) is 2. The average molecular weight is 289 g/mol. The van der Waals surface area contributed by atoms with Gasteiger partial charge in [0.15, 0.2) is 0 Å². The van der Waals surface area contributed by atoms with Crippen molar-refractivity contribution in [3.8, 4) is 0 Å². The van der Waals surface area contributed by atoms with Crippen molar-refractivity contribution in [2.75, 3.05) is 32.8 Å². The summed E-state index contributed by atoms with van der Waals surface area (Å²) in [6.07, 6.45) is 0.681. The van der Waals surface area contributed by atoms with E-state index in [0.717, 1.165) is 31.7 Å². The van der Waals surface area contributed by atoms with E-state index in [1.165, 1.54) is 0 Å². The molecule has 18 heavy (non-hydrogen) atoms. The van der Waals surface area contributed by atoms with Gasteiger partial charge in [0.2, 0.25) is 0 Å². The highest BCUT2D eigenvalue weighted by Crippen LogP contribution is 2.34. The smallest absolute Gasteiger partial charge is 0.0640 e. The monoisotopic (exact) mass is 288 g/mol. The molecule has 0 aliphatic carbocycles. The van der Waals surface area contributed by atoms with Gasteiger partial charge < -0.3 is 10.4 Å². The summed E-state index contributed by atoms with van der Waals surface area (Å²) in [7, 11) is 0. The number of nitrogens with one attached hydrogen (secondary N) is 1. The lowest BCUT2D eigenvalue weighted by Crippen LogP contribution is -2.45. The normalized spacial score (nSPS) is 18.8. The fourth-order valence-corrected chi connectivity index (χ4v) is 2.86. The van der Waals surface area contributed by atoms with E-state index in [2.05, 4.69) is 10.2 Å². The van der Waals surface area contributed by atoms with Crippen LogP contribution in [0.15, 0.2) is 18.2 Å². The van der Waals surface area contributed by atoms with Crippen LogP contribution in [0.2, 0.25) is 10.0 Å². The van der Waals surface area contributed by atoms with Crippen LogP contribution in [0.25, 0.3) is 0 Å². The molecule has 5 heteroatoms. The van der Waals surface area contributed by atoms with Crippen molar-refractivity contribution in [2.24, 2.45) is 0 Å². The zero-order valence-electron chi connectivity index (χ0n) is 10.2. The predicted octanol–water partition coefficient (Wildman–Crippen LogP) is 2.32. The number of rotatable bonds is 4. The van der Waals surface area contributed by atoms with E-state index in [4.69, 9.17) is 23.2 Å². The van der Waals surface area contributed by atoms with Gasteiger partial charge in [-0.05, 0) is 18.1 Å². The summed E-state index contributed by atoms with van der Waals surface area (Å²) in [6.45, 7) is 4.03. The molecule has 1 fully saturated rings. The molecule has 1 aliphatic heterocycles. The van der Waals surface area contributed by atoms with Crippen LogP contribution in [-0.4, -0.2) is 42.8 Å². The number of nitrogens with zero attached hydrogens (tertiary/aromatic N) is 1. The molecule has 3 nitrogen and oxygen atoms in total. The third-order valence-electron chi connectivity index (χ3n) is 3.34. The fourth-order valence-electron chi connectivity index (χ4n) is 2.43. The van der Waals surface area contributed by atoms with Crippen molar-refractivity contribution in [1.82, 2.24) is 10.2 Å². The van der Waals surface area contributed by atoms with Gasteiger partial charge in [-0.2, -0.15) is 0 Å². The van der Waals surface area contributed by atoms with Crippen LogP contribution in [0.1, 0.15) is 18.0 Å². The summed E-state index contributed by atoms with van der Waals surface area (Å²) in [6, 6.07) is 5.84. The summed E-state index contributed by atoms with van der Waals surface area (Å²) in [5.41, 5.74) is 1.01. The zero-order valence-corrected chi connectivity index (χ0v) is 11.7. The summed E-state index contributed by atoms with van der Waals surface area (Å²) in [5.74, 6) is 0. The minimum Gasteiger partial charge on any atom is -0.396 e. The number of hydrogen-bond acceptors (Lipinski definition) is 3. The van der Waals surface area contributed by atoms with Crippen LogP contribution in [0.5, 0.6) is 0 Å². The van der Waals surface area contributed by atoms with Crippen LogP contribution in [-0.2, 0) is 0 Å². The van der Waals surface area contributed by atoms with Gasteiger partial charge in [0, 0.05) is 38.8 Å². The molecule has 100 valence electrons. The first kappa shape index (κ1) is 14.1. The molecule has 1 aromatic rings. The molecule has 0 radical (unpaired) electrons. The lowest BCUT2D eigenvalue weighted by Gasteiger charge is -2.35. The molecular formula is C13H18Cl2N2O. The summed E-state index contributed by atoms with van der Waals surface area (Å²) >= 11 is 12.4. The third-order valence-corrected chi connectivity index (χ3v) is 4.17. The Bertz CT molecular complexity index is 395. The number of benzene rings is 1. The molecule has 1 saturated heterocycles. The van der Waals surface area contributed by atoms with Crippen LogP contribution in [0, 0.1) is 0 Å². The second kappa shape index (κ2) is 6.73. The number of piperazine rings is 1. The largest absolute Gasteiger partial charge is 0.396 e. The Morgan fingerprint density at radius 1 is 1.28 bits per heavy atom. The maximum Gasteiger partial charge on any atom is 0.0640 e. The maximum absolute atomic E-state index is 9.27. The molecule has 1 heterocycles. The minimum atomic E-state index is 0.142. The SMILES string of the molecule is OCC[C@H](c1cccc(Cl)c1Cl)N1CCNCC1. The van der Waals surface area contributed by atoms with Gasteiger partial charge in [-0.3, -0.25) is 4.90 Å². The second-order valence-corrected chi connectivity index (χ2v) is 5.24. The van der Waals surface area contributed by atoms with Crippen molar-refractivity contribution < 1.29 is 5.11 Å². The van der Waals surface area contributed by atoms with E-state index >= 15 is 0 Å². The molecule has 2 N–H and O–H groups in total. The highest BCUT2D eigenvalue weighted by Gasteiger charge is 2.24. The molecule has 0 saturated carbocycles. The Balaban J connectivity index is 2.25. The molecule has 0 amide bonds. The lowest BCUT2D eigenvalue weighted by molar-refractivity contribution is 0.141. The Morgan fingerprint density at radius 3 is 2.67 bits per heavy atom. The van der Waals surface area contributed by atoms with Gasteiger partial charge in [-0.15, -0.1) is 0 Å². The summed E-state index contributed by atoms with van der Waals surface area (Å²) < 4.78 is 0. The highest BCUT2D eigenvalue weighted by atomic mass is 35.5. The Kier molecular flexibility index (Phi) is 5.27. The predicted molar refractivity (Wildman–Crippen MR) is 75.3 cm³/mol. The van der Waals surface area contributed by atoms with Crippen molar-refractivity contribution >= 4 is 23.2 Å². The van der Waals surface area contributed by atoms with Crippen LogP contribution in [0.3, 0.4) is 0 Å². The van der Waals surface area contributed by atoms with Crippen molar-refractivity contribution in [2.45, 2.75) is 12.5 Å². The molecule has 0 bridgehead atoms. The van der Waals surface area contributed by atoms with Gasteiger partial charge in [-0.25, -0.2) is 0 Å². The third kappa shape index (κ3) is 3.16. The second-order valence-electron chi connectivity index (χ2n) is 4.46. The molecule has 1 aliphatic rings. The van der Waals surface area contributed by atoms with E-state index in [1.807, 2.05) is 12.1 Å². The van der Waals surface area contributed by atoms with Crippen molar-refractivity contribution in [1.29, 1.82) is 0 Å². The molecule has 2 rings (SSSR count). The van der Waals surface area contributed by atoms with E-state index in [1.54, 1.807) is 6.07 Å². The van der Waals surface area contributed by atoms with E-state index in [-0.39, 0.29) is 12.6 Å². The standard InChI is InChI=1S/C13H18Cl2N2O/c14-11-3-1-2-10(13(11)15)12(4-9-18)17-7-5-16-6-8-17/h1-3,12,16,18H,4-9H2/t12-/m1/s1. The number of aliphatic hydroxyl groups is 1. The molecular weight excluding hydrogens is 271 g/mol. The highest BCUT2D eigenvalue weighted by molar-refractivity contribution is 6.42. The van der Waals surface area contributed by atoms with Gasteiger partial charge in [-0.1, -0.05) is 35.3 Å². The van der Waals surface area contributed by atoms with E-state index in [0.29, 0.717) is 16.5 Å². The summed E-state index contributed by atoms with van der Waals surface area (Å²) in [5, 5.41) is 13.8. The average Bonchev–Trinajstić information content (AvgIpc) is 2.41. The number of halogens is 2. The first-order chi connectivity index (χ1) is 8.74. The van der Waals surface area contributed by atoms with Crippen LogP contribution >= 0.6 is 23.2 Å². The number of aliphatic hydroxyl groups excluding tert-OH is 1. The molecule has 0 unspecified atom stereocenters. The van der Waals surface area contributed by atoms with Crippen LogP contribution in [0.4, 0.5) is 0 Å². The zero-order chi connectivity index (χ0) is 13.0. The molecule has 1 aromatic carbocycles. The molecule has 0 aromatic heterocycles. The van der Waals surface area contributed by atoms with E-state index < -0.39 is 0 Å². The van der Waals surface area contributed by atoms with Gasteiger partial charge in [0.05, 0.1) is 10.0 Å². The fraction of sp³-hybridized carbons (Fsp3) is 0.538. The molecule has 1 atom stereocenters. The topological polar surface area (TPSA) is 35.5 Å². The Hall–Kier alpha value is -0.320. The first-order valence-electron chi connectivity index (χ1n) is 6.23. The van der Waals surface area contributed by atoms with Gasteiger partial charge >= 0.3 is 0 Å². The van der Waals surface area contributed by atoms with Gasteiger partial charge in [0.25, 0.3) is 0 Å². The Morgan fingerprint density at radius 2 is 2.00 bits per heavy atom. The lowest BCUT2D eigenvalue weighted by atomic mass is 10.0. The van der Waals surface area contributed by atoms with E-state index in [9.17, 15) is 5.11 Å². The first-order valence-corrected chi connectivity index (χ1v) is 6.99. The van der Waals surface area contributed by atoms with Crippen LogP contribution < -0.4 is 5.32 Å². The van der Waals surface area contributed by atoms with Crippen molar-refractivity contribution in [3.63, 3.8) is 0 Å².